The van der Waals surface area contributed by atoms with Crippen LogP contribution in [0.15, 0.2) is 0 Å². The lowest BCUT2D eigenvalue weighted by Gasteiger charge is -2.15. The van der Waals surface area contributed by atoms with Crippen LogP contribution < -0.4 is 0 Å². The molecular weight excluding hydrogens is 200 g/mol. The van der Waals surface area contributed by atoms with Crippen molar-refractivity contribution in [2.24, 2.45) is 5.41 Å². The maximum atomic E-state index is 7.23. The van der Waals surface area contributed by atoms with Crippen LogP contribution in [0.1, 0.15) is 20.8 Å². The van der Waals surface area contributed by atoms with Crippen molar-refractivity contribution in [3.63, 3.8) is 0 Å². The van der Waals surface area contributed by atoms with Gasteiger partial charge in [-0.05, 0) is 30.6 Å². The molecule has 0 bridgehead atoms. The van der Waals surface area contributed by atoms with Gasteiger partial charge < -0.3 is 4.74 Å². The average molecular weight is 216 g/mol. The Morgan fingerprint density at radius 2 is 1.36 bits per heavy atom. The highest BCUT2D eigenvalue weighted by atomic mass is 17.9. The van der Waals surface area contributed by atoms with Gasteiger partial charge >= 0.3 is 0 Å². The molecule has 88 valence electrons. The third-order valence-corrected chi connectivity index (χ3v) is 0.694. The molecule has 0 aromatic heterocycles. The van der Waals surface area contributed by atoms with Crippen LogP contribution in [0.2, 0.25) is 0 Å². The summed E-state index contributed by atoms with van der Waals surface area (Å²) < 4.78 is 4.91. The SMILES string of the molecule is COCC(C)(C)C.OOOOOOO. The Hall–Kier alpha value is -0.320. The molecule has 0 atom stereocenters. The largest absolute Gasteiger partial charge is 0.384 e. The van der Waals surface area contributed by atoms with Gasteiger partial charge in [0, 0.05) is 7.11 Å². The minimum atomic E-state index is 0.328. The number of methoxy groups -OCH3 is 1. The van der Waals surface area contributed by atoms with Crippen LogP contribution in [0.5, 0.6) is 0 Å². The molecule has 0 aromatic rings. The van der Waals surface area contributed by atoms with E-state index >= 15 is 0 Å². The van der Waals surface area contributed by atoms with E-state index in [1.54, 1.807) is 7.11 Å². The van der Waals surface area contributed by atoms with E-state index < -0.39 is 0 Å². The van der Waals surface area contributed by atoms with Crippen molar-refractivity contribution < 1.29 is 40.4 Å². The summed E-state index contributed by atoms with van der Waals surface area (Å²) in [6.45, 7) is 7.29. The van der Waals surface area contributed by atoms with Crippen molar-refractivity contribution in [2.45, 2.75) is 20.8 Å². The summed E-state index contributed by atoms with van der Waals surface area (Å²) in [5.74, 6) is 0. The number of hydrogen-bond acceptors (Lipinski definition) is 8. The maximum Gasteiger partial charge on any atom is 0.0510 e. The summed E-state index contributed by atoms with van der Waals surface area (Å²) in [7, 11) is 1.73. The molecule has 0 aliphatic rings. The van der Waals surface area contributed by atoms with Gasteiger partial charge in [-0.1, -0.05) is 20.8 Å². The molecule has 2 N–H and O–H groups in total. The quantitative estimate of drug-likeness (QED) is 0.404. The summed E-state index contributed by atoms with van der Waals surface area (Å²) in [6, 6.07) is 0. The number of rotatable bonds is 5. The summed E-state index contributed by atoms with van der Waals surface area (Å²) >= 11 is 0. The molecule has 0 saturated carbocycles. The van der Waals surface area contributed by atoms with E-state index in [1.807, 2.05) is 0 Å². The van der Waals surface area contributed by atoms with Gasteiger partial charge in [-0.15, -0.1) is 0 Å². The lowest BCUT2D eigenvalue weighted by atomic mass is 9.99. The zero-order valence-corrected chi connectivity index (χ0v) is 8.55. The lowest BCUT2D eigenvalue weighted by Crippen LogP contribution is -2.12. The van der Waals surface area contributed by atoms with Gasteiger partial charge in [0.25, 0.3) is 0 Å². The van der Waals surface area contributed by atoms with E-state index in [-0.39, 0.29) is 0 Å². The summed E-state index contributed by atoms with van der Waals surface area (Å²) in [5, 5.41) is 29.5. The Morgan fingerprint density at radius 3 is 1.50 bits per heavy atom. The monoisotopic (exact) mass is 216 g/mol. The molecule has 0 rings (SSSR count). The highest BCUT2D eigenvalue weighted by molar-refractivity contribution is 4.57. The molecule has 8 nitrogen and oxygen atoms in total. The van der Waals surface area contributed by atoms with Crippen LogP contribution in [-0.4, -0.2) is 24.2 Å². The summed E-state index contributed by atoms with van der Waals surface area (Å²) in [6.07, 6.45) is 0. The zero-order valence-electron chi connectivity index (χ0n) is 8.55. The smallest absolute Gasteiger partial charge is 0.0510 e. The van der Waals surface area contributed by atoms with E-state index in [0.29, 0.717) is 5.41 Å². The van der Waals surface area contributed by atoms with Crippen molar-refractivity contribution in [1.82, 2.24) is 0 Å². The minimum Gasteiger partial charge on any atom is -0.384 e. The molecule has 0 unspecified atom stereocenters. The molecule has 14 heavy (non-hydrogen) atoms. The predicted molar refractivity (Wildman–Crippen MR) is 42.0 cm³/mol. The van der Waals surface area contributed by atoms with Gasteiger partial charge in [-0.25, -0.2) is 10.5 Å². The van der Waals surface area contributed by atoms with Crippen molar-refractivity contribution >= 4 is 0 Å². The standard InChI is InChI=1S/C6H14O.H2O7/c1-6(2,3)5-7-4;1-3-5-7-6-4-2/h5H2,1-4H3;1-2H. The molecule has 0 saturated heterocycles. The first-order valence-electron chi connectivity index (χ1n) is 3.58. The second kappa shape index (κ2) is 10.8. The maximum absolute atomic E-state index is 7.23. The second-order valence-corrected chi connectivity index (χ2v) is 3.35. The van der Waals surface area contributed by atoms with E-state index in [9.17, 15) is 0 Å². The van der Waals surface area contributed by atoms with Crippen molar-refractivity contribution in [1.29, 1.82) is 0 Å². The fourth-order valence-electron chi connectivity index (χ4n) is 0.469. The Kier molecular flexibility index (Phi) is 12.4. The molecule has 8 heteroatoms. The Balaban J connectivity index is 0. The van der Waals surface area contributed by atoms with Crippen molar-refractivity contribution in [3.05, 3.63) is 0 Å². The van der Waals surface area contributed by atoms with Gasteiger partial charge in [0.15, 0.2) is 0 Å². The fourth-order valence-corrected chi connectivity index (χ4v) is 0.469. The number of hydrogen-bond donors (Lipinski definition) is 2. The van der Waals surface area contributed by atoms with Crippen molar-refractivity contribution in [2.75, 3.05) is 13.7 Å². The van der Waals surface area contributed by atoms with Crippen LogP contribution in [-0.2, 0) is 29.9 Å². The van der Waals surface area contributed by atoms with Gasteiger partial charge in [0.1, 0.15) is 0 Å². The topological polar surface area (TPSA) is 95.8 Å². The first-order valence-corrected chi connectivity index (χ1v) is 3.58. The summed E-state index contributed by atoms with van der Waals surface area (Å²) in [4.78, 5) is 0. The van der Waals surface area contributed by atoms with E-state index in [1.165, 1.54) is 0 Å². The van der Waals surface area contributed by atoms with Crippen LogP contribution in [0.3, 0.4) is 0 Å². The van der Waals surface area contributed by atoms with E-state index in [4.69, 9.17) is 15.3 Å². The molecule has 0 radical (unpaired) electrons. The summed E-state index contributed by atoms with van der Waals surface area (Å²) in [5.41, 5.74) is 0.328. The molecule has 0 amide bonds. The van der Waals surface area contributed by atoms with Gasteiger partial charge in [-0.2, -0.15) is 0 Å². The zero-order chi connectivity index (χ0) is 11.4. The Morgan fingerprint density at radius 1 is 0.929 bits per heavy atom. The van der Waals surface area contributed by atoms with Gasteiger partial charge in [0.05, 0.1) is 6.61 Å². The molecular formula is C6H16O8. The highest BCUT2D eigenvalue weighted by Crippen LogP contribution is 2.11. The normalized spacial score (nSPS) is 10.7. The lowest BCUT2D eigenvalue weighted by molar-refractivity contribution is -0.784. The first-order chi connectivity index (χ1) is 6.47. The van der Waals surface area contributed by atoms with Gasteiger partial charge in [-0.3, -0.25) is 0 Å². The third-order valence-electron chi connectivity index (χ3n) is 0.694. The van der Waals surface area contributed by atoms with Crippen LogP contribution >= 0.6 is 0 Å². The molecule has 0 fully saturated rings. The Labute approximate surface area is 81.4 Å². The van der Waals surface area contributed by atoms with Crippen molar-refractivity contribution in [3.8, 4) is 0 Å². The molecule has 0 spiro atoms. The minimum absolute atomic E-state index is 0.328. The first kappa shape index (κ1) is 16.1. The van der Waals surface area contributed by atoms with E-state index in [0.717, 1.165) is 6.61 Å². The van der Waals surface area contributed by atoms with Crippen LogP contribution in [0.4, 0.5) is 0 Å². The third kappa shape index (κ3) is 22.6. The number of ether oxygens (including phenoxy) is 1. The molecule has 0 aromatic carbocycles. The Bertz CT molecular complexity index is 96.5. The average Bonchev–Trinajstić information content (AvgIpc) is 2.04. The molecule has 0 aliphatic heterocycles. The fraction of sp³-hybridized carbons (Fsp3) is 1.00. The van der Waals surface area contributed by atoms with Crippen LogP contribution in [0, 0.1) is 5.41 Å². The van der Waals surface area contributed by atoms with E-state index in [2.05, 4.69) is 46.0 Å². The second-order valence-electron chi connectivity index (χ2n) is 3.35. The molecule has 0 heterocycles. The predicted octanol–water partition coefficient (Wildman–Crippen LogP) is 1.35. The highest BCUT2D eigenvalue weighted by Gasteiger charge is 2.07. The molecule has 0 aliphatic carbocycles. The van der Waals surface area contributed by atoms with Crippen LogP contribution in [0.25, 0.3) is 0 Å². The van der Waals surface area contributed by atoms with Gasteiger partial charge in [0.2, 0.25) is 0 Å².